The van der Waals surface area contributed by atoms with E-state index < -0.39 is 0 Å². The fourth-order valence-electron chi connectivity index (χ4n) is 2.56. The third kappa shape index (κ3) is 5.10. The molecule has 0 saturated heterocycles. The van der Waals surface area contributed by atoms with E-state index in [0.29, 0.717) is 11.6 Å². The molecule has 0 bridgehead atoms. The van der Waals surface area contributed by atoms with Gasteiger partial charge in [-0.15, -0.1) is 0 Å². The van der Waals surface area contributed by atoms with E-state index in [9.17, 15) is 0 Å². The Kier molecular flexibility index (Phi) is 6.28. The van der Waals surface area contributed by atoms with Gasteiger partial charge in [-0.2, -0.15) is 5.10 Å². The Morgan fingerprint density at radius 2 is 1.81 bits per heavy atom. The van der Waals surface area contributed by atoms with Crippen LogP contribution in [-0.4, -0.2) is 29.3 Å². The van der Waals surface area contributed by atoms with Crippen molar-refractivity contribution in [3.05, 3.63) is 83.1 Å². The van der Waals surface area contributed by atoms with Gasteiger partial charge in [0.25, 0.3) is 0 Å². The minimum absolute atomic E-state index is 0.651. The highest BCUT2D eigenvalue weighted by Crippen LogP contribution is 2.13. The van der Waals surface area contributed by atoms with Gasteiger partial charge in [-0.05, 0) is 36.2 Å². The molecule has 134 valence electrons. The predicted octanol–water partition coefficient (Wildman–Crippen LogP) is 3.43. The molecule has 0 spiro atoms. The topological polar surface area (TPSA) is 54.2 Å². The monoisotopic (exact) mass is 367 g/mol. The lowest BCUT2D eigenvalue weighted by Crippen LogP contribution is -2.37. The molecule has 0 aliphatic rings. The molecule has 26 heavy (non-hydrogen) atoms. The largest absolute Gasteiger partial charge is 0.356 e. The molecule has 3 aromatic rings. The molecule has 0 aliphatic heterocycles. The zero-order valence-corrected chi connectivity index (χ0v) is 15.4. The third-order valence-electron chi connectivity index (χ3n) is 3.96. The van der Waals surface area contributed by atoms with Crippen LogP contribution in [0.5, 0.6) is 0 Å². The molecule has 0 aliphatic carbocycles. The molecular weight excluding hydrogens is 346 g/mol. The first-order valence-corrected chi connectivity index (χ1v) is 8.90. The van der Waals surface area contributed by atoms with Crippen LogP contribution in [0.1, 0.15) is 11.1 Å². The normalized spacial score (nSPS) is 11.4. The van der Waals surface area contributed by atoms with Crippen LogP contribution in [0.3, 0.4) is 0 Å². The lowest BCUT2D eigenvalue weighted by molar-refractivity contribution is 0.794. The fraction of sp³-hybridized carbons (Fsp3) is 0.200. The quantitative estimate of drug-likeness (QED) is 0.518. The maximum atomic E-state index is 5.93. The highest BCUT2D eigenvalue weighted by atomic mass is 35.5. The standard InChI is InChI=1S/C20H22ClN5/c1-22-20(23-12-11-16-5-3-2-4-6-16)24-13-17-14-25-26(15-17)19-9-7-18(21)8-10-19/h2-10,14-15H,11-13H2,1H3,(H2,22,23,24). The summed E-state index contributed by atoms with van der Waals surface area (Å²) in [6, 6.07) is 18.0. The van der Waals surface area contributed by atoms with Gasteiger partial charge >= 0.3 is 0 Å². The van der Waals surface area contributed by atoms with Gasteiger partial charge in [-0.25, -0.2) is 4.68 Å². The van der Waals surface area contributed by atoms with Gasteiger partial charge in [0.2, 0.25) is 0 Å². The van der Waals surface area contributed by atoms with Crippen LogP contribution in [0, 0.1) is 0 Å². The predicted molar refractivity (Wildman–Crippen MR) is 107 cm³/mol. The number of guanidine groups is 1. The SMILES string of the molecule is CN=C(NCCc1ccccc1)NCc1cnn(-c2ccc(Cl)cc2)c1. The first-order chi connectivity index (χ1) is 12.7. The van der Waals surface area contributed by atoms with Gasteiger partial charge in [0.15, 0.2) is 5.96 Å². The van der Waals surface area contributed by atoms with Crippen LogP contribution in [0.25, 0.3) is 5.69 Å². The summed E-state index contributed by atoms with van der Waals surface area (Å²) in [7, 11) is 1.77. The number of halogens is 1. The molecule has 3 rings (SSSR count). The molecule has 6 heteroatoms. The van der Waals surface area contributed by atoms with Crippen LogP contribution < -0.4 is 10.6 Å². The Balaban J connectivity index is 1.49. The zero-order chi connectivity index (χ0) is 18.2. The lowest BCUT2D eigenvalue weighted by atomic mass is 10.1. The van der Waals surface area contributed by atoms with Crippen LogP contribution in [0.4, 0.5) is 0 Å². The number of hydrogen-bond donors (Lipinski definition) is 2. The van der Waals surface area contributed by atoms with Crippen molar-refractivity contribution in [3.8, 4) is 5.69 Å². The number of aliphatic imine (C=N–C) groups is 1. The van der Waals surface area contributed by atoms with Crippen molar-refractivity contribution in [2.45, 2.75) is 13.0 Å². The summed E-state index contributed by atoms with van der Waals surface area (Å²) in [5, 5.41) is 11.8. The summed E-state index contributed by atoms with van der Waals surface area (Å²) < 4.78 is 1.83. The highest BCUT2D eigenvalue weighted by molar-refractivity contribution is 6.30. The van der Waals surface area contributed by atoms with Crippen LogP contribution in [0.15, 0.2) is 72.0 Å². The van der Waals surface area contributed by atoms with Crippen molar-refractivity contribution in [1.29, 1.82) is 0 Å². The number of nitrogens with zero attached hydrogens (tertiary/aromatic N) is 3. The van der Waals surface area contributed by atoms with Crippen molar-refractivity contribution in [3.63, 3.8) is 0 Å². The number of nitrogens with one attached hydrogen (secondary N) is 2. The number of hydrogen-bond acceptors (Lipinski definition) is 2. The molecule has 5 nitrogen and oxygen atoms in total. The maximum Gasteiger partial charge on any atom is 0.191 e. The van der Waals surface area contributed by atoms with Gasteiger partial charge in [0.05, 0.1) is 11.9 Å². The molecule has 1 heterocycles. The van der Waals surface area contributed by atoms with Crippen molar-refractivity contribution >= 4 is 17.6 Å². The van der Waals surface area contributed by atoms with E-state index in [1.54, 1.807) is 7.05 Å². The van der Waals surface area contributed by atoms with Gasteiger partial charge in [0.1, 0.15) is 0 Å². The Labute approximate surface area is 158 Å². The van der Waals surface area contributed by atoms with Gasteiger partial charge in [-0.3, -0.25) is 4.99 Å². The summed E-state index contributed by atoms with van der Waals surface area (Å²) in [5.74, 6) is 0.778. The van der Waals surface area contributed by atoms with E-state index in [4.69, 9.17) is 11.6 Å². The lowest BCUT2D eigenvalue weighted by Gasteiger charge is -2.11. The molecule has 0 saturated carbocycles. The Morgan fingerprint density at radius 3 is 2.54 bits per heavy atom. The molecule has 1 aromatic heterocycles. The van der Waals surface area contributed by atoms with E-state index in [0.717, 1.165) is 30.2 Å². The minimum Gasteiger partial charge on any atom is -0.356 e. The smallest absolute Gasteiger partial charge is 0.191 e. The van der Waals surface area contributed by atoms with Gasteiger partial charge in [-0.1, -0.05) is 41.9 Å². The number of benzene rings is 2. The first kappa shape index (κ1) is 18.0. The molecule has 2 N–H and O–H groups in total. The van der Waals surface area contributed by atoms with Crippen molar-refractivity contribution in [1.82, 2.24) is 20.4 Å². The molecule has 2 aromatic carbocycles. The second kappa shape index (κ2) is 9.06. The first-order valence-electron chi connectivity index (χ1n) is 8.52. The average Bonchev–Trinajstić information content (AvgIpc) is 3.15. The zero-order valence-electron chi connectivity index (χ0n) is 14.7. The van der Waals surface area contributed by atoms with Gasteiger partial charge < -0.3 is 10.6 Å². The van der Waals surface area contributed by atoms with Gasteiger partial charge in [0, 0.05) is 36.9 Å². The minimum atomic E-state index is 0.651. The molecule has 0 radical (unpaired) electrons. The molecule has 0 unspecified atom stereocenters. The Morgan fingerprint density at radius 1 is 1.04 bits per heavy atom. The number of aromatic nitrogens is 2. The number of rotatable bonds is 6. The molecule has 0 atom stereocenters. The Hall–Kier alpha value is -2.79. The second-order valence-electron chi connectivity index (χ2n) is 5.86. The van der Waals surface area contributed by atoms with Crippen LogP contribution in [0.2, 0.25) is 5.02 Å². The molecular formula is C20H22ClN5. The fourth-order valence-corrected chi connectivity index (χ4v) is 2.69. The average molecular weight is 368 g/mol. The summed E-state index contributed by atoms with van der Waals surface area (Å²) >= 11 is 5.93. The van der Waals surface area contributed by atoms with Crippen LogP contribution >= 0.6 is 11.6 Å². The Bertz CT molecular complexity index is 840. The summed E-state index contributed by atoms with van der Waals surface area (Å²) in [5.41, 5.74) is 3.36. The third-order valence-corrected chi connectivity index (χ3v) is 4.21. The van der Waals surface area contributed by atoms with E-state index in [1.165, 1.54) is 5.56 Å². The molecule has 0 amide bonds. The molecule has 0 fully saturated rings. The highest BCUT2D eigenvalue weighted by Gasteiger charge is 2.03. The summed E-state index contributed by atoms with van der Waals surface area (Å²) in [4.78, 5) is 4.26. The van der Waals surface area contributed by atoms with E-state index >= 15 is 0 Å². The van der Waals surface area contributed by atoms with E-state index in [1.807, 2.05) is 47.4 Å². The summed E-state index contributed by atoms with van der Waals surface area (Å²) in [6.07, 6.45) is 4.79. The van der Waals surface area contributed by atoms with Crippen molar-refractivity contribution < 1.29 is 0 Å². The summed E-state index contributed by atoms with van der Waals surface area (Å²) in [6.45, 7) is 1.48. The van der Waals surface area contributed by atoms with Crippen molar-refractivity contribution in [2.75, 3.05) is 13.6 Å². The van der Waals surface area contributed by atoms with Crippen LogP contribution in [-0.2, 0) is 13.0 Å². The maximum absolute atomic E-state index is 5.93. The second-order valence-corrected chi connectivity index (χ2v) is 6.29. The van der Waals surface area contributed by atoms with E-state index in [-0.39, 0.29) is 0 Å². The van der Waals surface area contributed by atoms with Crippen molar-refractivity contribution in [2.24, 2.45) is 4.99 Å². The van der Waals surface area contributed by atoms with E-state index in [2.05, 4.69) is 45.0 Å².